The van der Waals surface area contributed by atoms with Gasteiger partial charge in [0.15, 0.2) is 5.17 Å². The quantitative estimate of drug-likeness (QED) is 0.364. The Morgan fingerprint density at radius 2 is 1.84 bits per heavy atom. The van der Waals surface area contributed by atoms with Gasteiger partial charge >= 0.3 is 0 Å². The number of nitrogens with one attached hydrogen (secondary N) is 2. The van der Waals surface area contributed by atoms with Gasteiger partial charge in [-0.05, 0) is 45.4 Å². The van der Waals surface area contributed by atoms with Crippen molar-refractivity contribution < 1.29 is 8.42 Å². The van der Waals surface area contributed by atoms with E-state index in [1.54, 1.807) is 20.8 Å². The summed E-state index contributed by atoms with van der Waals surface area (Å²) in [7, 11) is -3.27. The standard InChI is InChI=1S/C17H28N4O2S2/c1-17(2,3)25(22,23)21-13-9-5-8-12-20-16(19)24-15(18)14-10-6-4-7-11-14/h4,6-7,10-11,18,21H,5,8-9,12-13H2,1-3H3,(H2,19,20). The number of amidine groups is 1. The van der Waals surface area contributed by atoms with Crippen LogP contribution in [-0.2, 0) is 10.0 Å². The molecule has 8 heteroatoms. The van der Waals surface area contributed by atoms with Gasteiger partial charge < -0.3 is 5.73 Å². The van der Waals surface area contributed by atoms with Crippen LogP contribution in [0.25, 0.3) is 0 Å². The third kappa shape index (κ3) is 8.02. The summed E-state index contributed by atoms with van der Waals surface area (Å²) in [6, 6.07) is 9.39. The zero-order valence-corrected chi connectivity index (χ0v) is 16.7. The van der Waals surface area contributed by atoms with Gasteiger partial charge in [0.25, 0.3) is 0 Å². The topological polar surface area (TPSA) is 108 Å². The fraction of sp³-hybridized carbons (Fsp3) is 0.529. The summed E-state index contributed by atoms with van der Waals surface area (Å²) < 4.78 is 25.6. The second-order valence-electron chi connectivity index (χ2n) is 6.59. The van der Waals surface area contributed by atoms with E-state index in [-0.39, 0.29) is 0 Å². The second-order valence-corrected chi connectivity index (χ2v) is 10.1. The average Bonchev–Trinajstić information content (AvgIpc) is 2.53. The van der Waals surface area contributed by atoms with E-state index in [0.29, 0.717) is 23.3 Å². The Hall–Kier alpha value is -1.38. The van der Waals surface area contributed by atoms with Crippen LogP contribution in [0, 0.1) is 5.41 Å². The van der Waals surface area contributed by atoms with Crippen molar-refractivity contribution in [1.29, 1.82) is 5.41 Å². The van der Waals surface area contributed by atoms with Crippen molar-refractivity contribution in [2.24, 2.45) is 10.7 Å². The lowest BCUT2D eigenvalue weighted by molar-refractivity contribution is 0.540. The lowest BCUT2D eigenvalue weighted by Gasteiger charge is -2.19. The zero-order chi connectivity index (χ0) is 18.9. The average molecular weight is 385 g/mol. The lowest BCUT2D eigenvalue weighted by Crippen LogP contribution is -2.39. The molecular weight excluding hydrogens is 356 g/mol. The molecule has 4 N–H and O–H groups in total. The number of hydrogen-bond acceptors (Lipinski definition) is 5. The van der Waals surface area contributed by atoms with Gasteiger partial charge in [0, 0.05) is 18.7 Å². The Morgan fingerprint density at radius 3 is 2.44 bits per heavy atom. The molecule has 1 rings (SSSR count). The molecule has 0 bridgehead atoms. The lowest BCUT2D eigenvalue weighted by atomic mass is 10.2. The normalized spacial score (nSPS) is 13.0. The fourth-order valence-corrected chi connectivity index (χ4v) is 3.28. The molecular formula is C17H28N4O2S2. The van der Waals surface area contributed by atoms with E-state index < -0.39 is 14.8 Å². The van der Waals surface area contributed by atoms with E-state index in [1.807, 2.05) is 30.3 Å². The first-order valence-corrected chi connectivity index (χ1v) is 10.5. The van der Waals surface area contributed by atoms with Crippen LogP contribution in [0.4, 0.5) is 0 Å². The Labute approximate surface area is 155 Å². The summed E-state index contributed by atoms with van der Waals surface area (Å²) in [6.07, 6.45) is 2.46. The summed E-state index contributed by atoms with van der Waals surface area (Å²) in [5.74, 6) is 0. The molecule has 0 atom stereocenters. The number of unbranched alkanes of at least 4 members (excludes halogenated alkanes) is 2. The van der Waals surface area contributed by atoms with Crippen LogP contribution >= 0.6 is 11.8 Å². The summed E-state index contributed by atoms with van der Waals surface area (Å²) in [6.45, 7) is 6.05. The minimum absolute atomic E-state index is 0.374. The van der Waals surface area contributed by atoms with Gasteiger partial charge in [0.2, 0.25) is 10.0 Å². The van der Waals surface area contributed by atoms with Gasteiger partial charge in [-0.2, -0.15) is 0 Å². The number of sulfonamides is 1. The molecule has 0 spiro atoms. The van der Waals surface area contributed by atoms with Crippen molar-refractivity contribution >= 4 is 32.0 Å². The minimum atomic E-state index is -3.27. The largest absolute Gasteiger partial charge is 0.378 e. The van der Waals surface area contributed by atoms with Crippen molar-refractivity contribution in [3.63, 3.8) is 0 Å². The molecule has 0 aliphatic carbocycles. The van der Waals surface area contributed by atoms with Crippen molar-refractivity contribution in [1.82, 2.24) is 4.72 Å². The van der Waals surface area contributed by atoms with Crippen molar-refractivity contribution in [3.8, 4) is 0 Å². The molecule has 0 unspecified atom stereocenters. The number of thioether (sulfide) groups is 1. The van der Waals surface area contributed by atoms with Gasteiger partial charge in [-0.15, -0.1) is 0 Å². The van der Waals surface area contributed by atoms with Crippen LogP contribution in [0.2, 0.25) is 0 Å². The summed E-state index contributed by atoms with van der Waals surface area (Å²) >= 11 is 1.15. The molecule has 1 aromatic carbocycles. The monoisotopic (exact) mass is 384 g/mol. The predicted molar refractivity (Wildman–Crippen MR) is 108 cm³/mol. The van der Waals surface area contributed by atoms with Crippen LogP contribution in [0.5, 0.6) is 0 Å². The Balaban J connectivity index is 2.22. The highest BCUT2D eigenvalue weighted by Crippen LogP contribution is 2.13. The molecule has 25 heavy (non-hydrogen) atoms. The fourth-order valence-electron chi connectivity index (χ4n) is 1.81. The second kappa shape index (κ2) is 9.94. The van der Waals surface area contributed by atoms with Crippen molar-refractivity contribution in [2.75, 3.05) is 13.1 Å². The molecule has 140 valence electrons. The van der Waals surface area contributed by atoms with E-state index >= 15 is 0 Å². The van der Waals surface area contributed by atoms with Crippen LogP contribution in [0.3, 0.4) is 0 Å². The Kier molecular flexibility index (Phi) is 8.61. The number of rotatable bonds is 8. The third-order valence-electron chi connectivity index (χ3n) is 3.44. The number of hydrogen-bond donors (Lipinski definition) is 3. The SMILES string of the molecule is CC(C)(C)S(=O)(=O)NCCCCCN=C(N)SC(=N)c1ccccc1. The highest BCUT2D eigenvalue weighted by molar-refractivity contribution is 8.26. The Morgan fingerprint density at radius 1 is 1.20 bits per heavy atom. The summed E-state index contributed by atoms with van der Waals surface area (Å²) in [5, 5.41) is 8.73. The molecule has 0 saturated carbocycles. The van der Waals surface area contributed by atoms with Crippen LogP contribution < -0.4 is 10.5 Å². The van der Waals surface area contributed by atoms with Gasteiger partial charge in [0.1, 0.15) is 5.04 Å². The van der Waals surface area contributed by atoms with Crippen LogP contribution in [0.15, 0.2) is 35.3 Å². The highest BCUT2D eigenvalue weighted by atomic mass is 32.2. The molecule has 0 aliphatic heterocycles. The van der Waals surface area contributed by atoms with Crippen molar-refractivity contribution in [2.45, 2.75) is 44.8 Å². The zero-order valence-electron chi connectivity index (χ0n) is 15.1. The first-order chi connectivity index (χ1) is 11.6. The molecule has 1 aromatic rings. The van der Waals surface area contributed by atoms with E-state index in [2.05, 4.69) is 9.71 Å². The third-order valence-corrected chi connectivity index (χ3v) is 6.42. The molecule has 0 fully saturated rings. The van der Waals surface area contributed by atoms with Crippen LogP contribution in [0.1, 0.15) is 45.6 Å². The molecule has 0 aliphatic rings. The molecule has 0 radical (unpaired) electrons. The minimum Gasteiger partial charge on any atom is -0.378 e. The molecule has 0 aromatic heterocycles. The first kappa shape index (κ1) is 21.7. The number of nitrogens with zero attached hydrogens (tertiary/aromatic N) is 1. The molecule has 0 heterocycles. The number of aliphatic imine (C=N–C) groups is 1. The first-order valence-electron chi connectivity index (χ1n) is 8.24. The summed E-state index contributed by atoms with van der Waals surface area (Å²) in [4.78, 5) is 4.25. The maximum absolute atomic E-state index is 11.9. The maximum atomic E-state index is 11.9. The molecule has 0 saturated heterocycles. The van der Waals surface area contributed by atoms with Gasteiger partial charge in [-0.3, -0.25) is 10.4 Å². The van der Waals surface area contributed by atoms with Gasteiger partial charge in [-0.1, -0.05) is 36.8 Å². The smallest absolute Gasteiger partial charge is 0.216 e. The van der Waals surface area contributed by atoms with Crippen molar-refractivity contribution in [3.05, 3.63) is 35.9 Å². The highest BCUT2D eigenvalue weighted by Gasteiger charge is 2.27. The maximum Gasteiger partial charge on any atom is 0.216 e. The van der Waals surface area contributed by atoms with Gasteiger partial charge in [-0.25, -0.2) is 13.1 Å². The van der Waals surface area contributed by atoms with E-state index in [4.69, 9.17) is 11.1 Å². The molecule has 0 amide bonds. The van der Waals surface area contributed by atoms with Gasteiger partial charge in [0.05, 0.1) is 4.75 Å². The number of nitrogens with two attached hydrogens (primary N) is 1. The Bertz CT molecular complexity index is 680. The van der Waals surface area contributed by atoms with E-state index in [0.717, 1.165) is 36.6 Å². The van der Waals surface area contributed by atoms with E-state index in [1.165, 1.54) is 0 Å². The van der Waals surface area contributed by atoms with Crippen LogP contribution in [-0.4, -0.2) is 36.5 Å². The number of benzene rings is 1. The summed E-state index contributed by atoms with van der Waals surface area (Å²) in [5.41, 5.74) is 6.65. The molecule has 6 nitrogen and oxygen atoms in total. The predicted octanol–water partition coefficient (Wildman–Crippen LogP) is 2.95. The van der Waals surface area contributed by atoms with E-state index in [9.17, 15) is 8.42 Å².